The van der Waals surface area contributed by atoms with Crippen molar-refractivity contribution in [2.45, 2.75) is 39.3 Å². The van der Waals surface area contributed by atoms with Crippen LogP contribution in [-0.4, -0.2) is 29.3 Å². The Balaban J connectivity index is 2.45. The molecule has 0 aromatic carbocycles. The number of amides is 1. The Morgan fingerprint density at radius 3 is 2.80 bits per heavy atom. The Hall–Kier alpha value is -1.01. The van der Waals surface area contributed by atoms with E-state index in [0.717, 1.165) is 4.47 Å². The number of hydrogen-bond acceptors (Lipinski definition) is 4. The molecule has 1 heterocycles. The summed E-state index contributed by atoms with van der Waals surface area (Å²) in [5.74, 6) is 0.438. The standard InChI is InChI=1S/C13H18BrClN2O3/c1-8(20-12(18)17-13(2,3)4)7-19-10-5-9(14)6-16-11(10)15/h5-6,8H,7H2,1-4H3,(H,17,18)/t8-/m1/s1. The summed E-state index contributed by atoms with van der Waals surface area (Å²) in [7, 11) is 0. The molecular formula is C13H18BrClN2O3. The first-order valence-corrected chi connectivity index (χ1v) is 7.27. The Kier molecular flexibility index (Phi) is 6.07. The quantitative estimate of drug-likeness (QED) is 0.825. The lowest BCUT2D eigenvalue weighted by molar-refractivity contribution is 0.0706. The lowest BCUT2D eigenvalue weighted by atomic mass is 10.1. The van der Waals surface area contributed by atoms with Gasteiger partial charge in [0.25, 0.3) is 0 Å². The molecule has 1 atom stereocenters. The number of nitrogens with one attached hydrogen (secondary N) is 1. The lowest BCUT2D eigenvalue weighted by Crippen LogP contribution is -2.42. The fraction of sp³-hybridized carbons (Fsp3) is 0.538. The van der Waals surface area contributed by atoms with Gasteiger partial charge >= 0.3 is 6.09 Å². The molecule has 0 aliphatic heterocycles. The third kappa shape index (κ3) is 6.43. The zero-order valence-electron chi connectivity index (χ0n) is 11.9. The molecule has 7 heteroatoms. The van der Waals surface area contributed by atoms with E-state index >= 15 is 0 Å². The van der Waals surface area contributed by atoms with Crippen molar-refractivity contribution >= 4 is 33.6 Å². The first-order chi connectivity index (χ1) is 9.17. The molecule has 5 nitrogen and oxygen atoms in total. The van der Waals surface area contributed by atoms with Crippen LogP contribution in [0.3, 0.4) is 0 Å². The Morgan fingerprint density at radius 1 is 1.55 bits per heavy atom. The predicted octanol–water partition coefficient (Wildman–Crippen LogP) is 3.79. The fourth-order valence-corrected chi connectivity index (χ4v) is 1.73. The topological polar surface area (TPSA) is 60.5 Å². The highest BCUT2D eigenvalue weighted by molar-refractivity contribution is 9.10. The van der Waals surface area contributed by atoms with Gasteiger partial charge in [-0.3, -0.25) is 0 Å². The second-order valence-corrected chi connectivity index (χ2v) is 6.62. The first-order valence-electron chi connectivity index (χ1n) is 6.10. The molecule has 1 N–H and O–H groups in total. The van der Waals surface area contributed by atoms with Gasteiger partial charge in [0.2, 0.25) is 0 Å². The normalized spacial score (nSPS) is 12.7. The summed E-state index contributed by atoms with van der Waals surface area (Å²) in [6, 6.07) is 1.71. The summed E-state index contributed by atoms with van der Waals surface area (Å²) in [6.07, 6.45) is 0.686. The third-order valence-corrected chi connectivity index (χ3v) is 2.75. The van der Waals surface area contributed by atoms with E-state index < -0.39 is 12.2 Å². The van der Waals surface area contributed by atoms with Crippen LogP contribution < -0.4 is 10.1 Å². The van der Waals surface area contributed by atoms with E-state index in [9.17, 15) is 4.79 Å². The molecule has 0 aliphatic carbocycles. The maximum absolute atomic E-state index is 11.6. The average molecular weight is 366 g/mol. The molecule has 1 aromatic rings. The summed E-state index contributed by atoms with van der Waals surface area (Å²) >= 11 is 9.18. The van der Waals surface area contributed by atoms with Crippen molar-refractivity contribution in [3.8, 4) is 5.75 Å². The SMILES string of the molecule is C[C@H](COc1cc(Br)cnc1Cl)OC(=O)NC(C)(C)C. The number of alkyl carbamates (subject to hydrolysis) is 1. The number of ether oxygens (including phenoxy) is 2. The minimum absolute atomic E-state index is 0.190. The zero-order valence-corrected chi connectivity index (χ0v) is 14.2. The molecule has 1 amide bonds. The van der Waals surface area contributed by atoms with Crippen LogP contribution in [0.2, 0.25) is 5.15 Å². The monoisotopic (exact) mass is 364 g/mol. The summed E-state index contributed by atoms with van der Waals surface area (Å²) in [5, 5.41) is 2.97. The van der Waals surface area contributed by atoms with Crippen LogP contribution in [0.5, 0.6) is 5.75 Å². The number of hydrogen-bond donors (Lipinski definition) is 1. The number of pyridine rings is 1. The second kappa shape index (κ2) is 7.13. The molecular weight excluding hydrogens is 348 g/mol. The van der Waals surface area contributed by atoms with Crippen LogP contribution >= 0.6 is 27.5 Å². The van der Waals surface area contributed by atoms with Gasteiger partial charge < -0.3 is 14.8 Å². The van der Waals surface area contributed by atoms with Gasteiger partial charge in [-0.25, -0.2) is 9.78 Å². The van der Waals surface area contributed by atoms with E-state index in [-0.39, 0.29) is 17.3 Å². The van der Waals surface area contributed by atoms with E-state index in [0.29, 0.717) is 5.75 Å². The molecule has 20 heavy (non-hydrogen) atoms. The minimum atomic E-state index is -0.480. The number of carbonyl (C=O) groups excluding carboxylic acids is 1. The number of carbonyl (C=O) groups is 1. The summed E-state index contributed by atoms with van der Waals surface area (Å²) in [4.78, 5) is 15.5. The highest BCUT2D eigenvalue weighted by Crippen LogP contribution is 2.25. The maximum atomic E-state index is 11.6. The summed E-state index contributed by atoms with van der Waals surface area (Å²) < 4.78 is 11.4. The molecule has 0 saturated carbocycles. The molecule has 0 radical (unpaired) electrons. The van der Waals surface area contributed by atoms with Gasteiger partial charge in [0.1, 0.15) is 12.7 Å². The maximum Gasteiger partial charge on any atom is 0.407 e. The van der Waals surface area contributed by atoms with Crippen molar-refractivity contribution in [2.75, 3.05) is 6.61 Å². The van der Waals surface area contributed by atoms with Crippen molar-refractivity contribution in [3.63, 3.8) is 0 Å². The van der Waals surface area contributed by atoms with Crippen molar-refractivity contribution < 1.29 is 14.3 Å². The van der Waals surface area contributed by atoms with E-state index in [2.05, 4.69) is 26.2 Å². The van der Waals surface area contributed by atoms with Gasteiger partial charge in [0.05, 0.1) is 0 Å². The van der Waals surface area contributed by atoms with Crippen molar-refractivity contribution in [1.29, 1.82) is 0 Å². The van der Waals surface area contributed by atoms with Crippen LogP contribution in [0.15, 0.2) is 16.7 Å². The average Bonchev–Trinajstić information content (AvgIpc) is 2.27. The molecule has 0 fully saturated rings. The summed E-state index contributed by atoms with van der Waals surface area (Å²) in [5.41, 5.74) is -0.338. The largest absolute Gasteiger partial charge is 0.486 e. The Labute approximate surface area is 132 Å². The molecule has 0 aliphatic rings. The van der Waals surface area contributed by atoms with Crippen molar-refractivity contribution in [3.05, 3.63) is 21.9 Å². The van der Waals surface area contributed by atoms with Gasteiger partial charge in [0, 0.05) is 16.2 Å². The van der Waals surface area contributed by atoms with E-state index in [1.54, 1.807) is 19.2 Å². The Bertz CT molecular complexity index is 477. The minimum Gasteiger partial charge on any atom is -0.486 e. The molecule has 1 rings (SSSR count). The summed E-state index contributed by atoms with van der Waals surface area (Å²) in [6.45, 7) is 7.56. The number of halogens is 2. The fourth-order valence-electron chi connectivity index (χ4n) is 1.26. The van der Waals surface area contributed by atoms with Crippen LogP contribution in [0.25, 0.3) is 0 Å². The Morgan fingerprint density at radius 2 is 2.20 bits per heavy atom. The van der Waals surface area contributed by atoms with Crippen LogP contribution in [0.4, 0.5) is 4.79 Å². The molecule has 0 saturated heterocycles. The van der Waals surface area contributed by atoms with Gasteiger partial charge in [-0.05, 0) is 49.7 Å². The number of rotatable bonds is 4. The molecule has 0 spiro atoms. The second-order valence-electron chi connectivity index (χ2n) is 5.34. The van der Waals surface area contributed by atoms with Gasteiger partial charge in [-0.1, -0.05) is 11.6 Å². The molecule has 0 unspecified atom stereocenters. The molecule has 112 valence electrons. The van der Waals surface area contributed by atoms with Crippen LogP contribution in [0, 0.1) is 0 Å². The predicted molar refractivity (Wildman–Crippen MR) is 81.3 cm³/mol. The first kappa shape index (κ1) is 17.0. The highest BCUT2D eigenvalue weighted by Gasteiger charge is 2.17. The van der Waals surface area contributed by atoms with Gasteiger partial charge in [-0.15, -0.1) is 0 Å². The van der Waals surface area contributed by atoms with Crippen LogP contribution in [0.1, 0.15) is 27.7 Å². The highest BCUT2D eigenvalue weighted by atomic mass is 79.9. The smallest absolute Gasteiger partial charge is 0.407 e. The van der Waals surface area contributed by atoms with Crippen molar-refractivity contribution in [1.82, 2.24) is 10.3 Å². The van der Waals surface area contributed by atoms with E-state index in [1.165, 1.54) is 0 Å². The number of aromatic nitrogens is 1. The third-order valence-electron chi connectivity index (χ3n) is 2.03. The molecule has 1 aromatic heterocycles. The van der Waals surface area contributed by atoms with Gasteiger partial charge in [0.15, 0.2) is 10.9 Å². The van der Waals surface area contributed by atoms with Gasteiger partial charge in [-0.2, -0.15) is 0 Å². The van der Waals surface area contributed by atoms with Crippen molar-refractivity contribution in [2.24, 2.45) is 0 Å². The molecule has 0 bridgehead atoms. The number of nitrogens with zero attached hydrogens (tertiary/aromatic N) is 1. The zero-order chi connectivity index (χ0) is 15.3. The van der Waals surface area contributed by atoms with E-state index in [1.807, 2.05) is 20.8 Å². The van der Waals surface area contributed by atoms with Crippen LogP contribution in [-0.2, 0) is 4.74 Å². The lowest BCUT2D eigenvalue weighted by Gasteiger charge is -2.22. The van der Waals surface area contributed by atoms with E-state index in [4.69, 9.17) is 21.1 Å².